The lowest BCUT2D eigenvalue weighted by atomic mass is 10.0. The van der Waals surface area contributed by atoms with Crippen LogP contribution in [0.25, 0.3) is 0 Å². The van der Waals surface area contributed by atoms with E-state index in [1.807, 2.05) is 0 Å². The summed E-state index contributed by atoms with van der Waals surface area (Å²) in [7, 11) is 0. The Labute approximate surface area is 85.3 Å². The van der Waals surface area contributed by atoms with E-state index in [1.54, 1.807) is 0 Å². The first-order valence-corrected chi connectivity index (χ1v) is 4.31. The van der Waals surface area contributed by atoms with Crippen LogP contribution in [0.3, 0.4) is 0 Å². The molecule has 0 saturated carbocycles. The Balaban J connectivity index is 2.95. The molecule has 1 aromatic rings. The van der Waals surface area contributed by atoms with E-state index in [4.69, 9.17) is 22.4 Å². The van der Waals surface area contributed by atoms with Gasteiger partial charge in [-0.15, -0.1) is 0 Å². The molecule has 14 heavy (non-hydrogen) atoms. The number of carboxylic acids is 1. The number of carboxylic acid groups (broad SMARTS) is 1. The molecule has 5 heteroatoms. The van der Waals surface area contributed by atoms with Crippen molar-refractivity contribution in [3.63, 3.8) is 0 Å². The summed E-state index contributed by atoms with van der Waals surface area (Å²) in [6.07, 6.45) is -0.322. The summed E-state index contributed by atoms with van der Waals surface area (Å²) < 4.78 is 13.3. The number of benzene rings is 1. The number of nitrogens with two attached hydrogens (primary N) is 1. The highest BCUT2D eigenvalue weighted by atomic mass is 35.5. The van der Waals surface area contributed by atoms with Crippen LogP contribution in [0.5, 0.6) is 0 Å². The Morgan fingerprint density at radius 1 is 1.64 bits per heavy atom. The van der Waals surface area contributed by atoms with Crippen molar-refractivity contribution in [3.05, 3.63) is 34.6 Å². The molecule has 0 bridgehead atoms. The molecule has 3 N–H and O–H groups in total. The molecular formula is C9H9ClFNO2. The predicted molar refractivity (Wildman–Crippen MR) is 50.6 cm³/mol. The van der Waals surface area contributed by atoms with E-state index < -0.39 is 17.8 Å². The maximum absolute atomic E-state index is 13.3. The van der Waals surface area contributed by atoms with Gasteiger partial charge < -0.3 is 10.8 Å². The average Bonchev–Trinajstić information content (AvgIpc) is 2.08. The number of rotatable bonds is 3. The molecule has 1 rings (SSSR count). The second kappa shape index (κ2) is 4.39. The van der Waals surface area contributed by atoms with Gasteiger partial charge in [-0.05, 0) is 6.07 Å². The molecule has 0 aliphatic rings. The van der Waals surface area contributed by atoms with Gasteiger partial charge in [0.05, 0.1) is 11.4 Å². The molecule has 0 saturated heterocycles. The van der Waals surface area contributed by atoms with E-state index in [9.17, 15) is 9.18 Å². The van der Waals surface area contributed by atoms with E-state index in [0.717, 1.165) is 0 Å². The maximum Gasteiger partial charge on any atom is 0.305 e. The largest absolute Gasteiger partial charge is 0.481 e. The van der Waals surface area contributed by atoms with Gasteiger partial charge in [-0.1, -0.05) is 23.7 Å². The molecule has 0 radical (unpaired) electrons. The Morgan fingerprint density at radius 2 is 2.29 bits per heavy atom. The van der Waals surface area contributed by atoms with Gasteiger partial charge in [0.1, 0.15) is 5.82 Å². The summed E-state index contributed by atoms with van der Waals surface area (Å²) in [5.74, 6) is -1.72. The molecule has 1 atom stereocenters. The van der Waals surface area contributed by atoms with Gasteiger partial charge >= 0.3 is 5.97 Å². The first kappa shape index (κ1) is 10.9. The van der Waals surface area contributed by atoms with E-state index >= 15 is 0 Å². The third-order valence-electron chi connectivity index (χ3n) is 1.78. The van der Waals surface area contributed by atoms with Crippen molar-refractivity contribution in [3.8, 4) is 0 Å². The minimum atomic E-state index is -1.07. The number of aliphatic carboxylic acids is 1. The van der Waals surface area contributed by atoms with Crippen LogP contribution in [0.15, 0.2) is 18.2 Å². The van der Waals surface area contributed by atoms with Gasteiger partial charge in [-0.25, -0.2) is 4.39 Å². The van der Waals surface area contributed by atoms with Crippen LogP contribution in [0.4, 0.5) is 4.39 Å². The van der Waals surface area contributed by atoms with Gasteiger partial charge in [0, 0.05) is 11.6 Å². The molecule has 0 aromatic heterocycles. The molecule has 0 aliphatic heterocycles. The SMILES string of the molecule is NC(CC(=O)O)c1cccc(Cl)c1F. The third-order valence-corrected chi connectivity index (χ3v) is 2.07. The van der Waals surface area contributed by atoms with Crippen LogP contribution >= 0.6 is 11.6 Å². The van der Waals surface area contributed by atoms with Crippen LogP contribution in [0.1, 0.15) is 18.0 Å². The Kier molecular flexibility index (Phi) is 3.43. The fourth-order valence-electron chi connectivity index (χ4n) is 1.10. The summed E-state index contributed by atoms with van der Waals surface area (Å²) in [5.41, 5.74) is 5.61. The molecule has 0 heterocycles. The van der Waals surface area contributed by atoms with Gasteiger partial charge in [0.15, 0.2) is 0 Å². The number of carbonyl (C=O) groups is 1. The molecule has 3 nitrogen and oxygen atoms in total. The smallest absolute Gasteiger partial charge is 0.305 e. The van der Waals surface area contributed by atoms with Gasteiger partial charge in [-0.3, -0.25) is 4.79 Å². The standard InChI is InChI=1S/C9H9ClFNO2/c10-6-3-1-2-5(9(6)11)7(12)4-8(13)14/h1-3,7H,4,12H2,(H,13,14). The van der Waals surface area contributed by atoms with E-state index in [1.165, 1.54) is 18.2 Å². The van der Waals surface area contributed by atoms with Gasteiger partial charge in [0.25, 0.3) is 0 Å². The maximum atomic E-state index is 13.3. The zero-order valence-electron chi connectivity index (χ0n) is 7.21. The minimum absolute atomic E-state index is 0.0525. The van der Waals surface area contributed by atoms with E-state index in [-0.39, 0.29) is 17.0 Å². The molecule has 1 aromatic carbocycles. The highest BCUT2D eigenvalue weighted by Crippen LogP contribution is 2.23. The van der Waals surface area contributed by atoms with Crippen molar-refractivity contribution in [2.24, 2.45) is 5.73 Å². The highest BCUT2D eigenvalue weighted by molar-refractivity contribution is 6.30. The van der Waals surface area contributed by atoms with Gasteiger partial charge in [-0.2, -0.15) is 0 Å². The van der Waals surface area contributed by atoms with Crippen molar-refractivity contribution >= 4 is 17.6 Å². The monoisotopic (exact) mass is 217 g/mol. The molecule has 1 unspecified atom stereocenters. The lowest BCUT2D eigenvalue weighted by molar-refractivity contribution is -0.137. The molecule has 0 aliphatic carbocycles. The van der Waals surface area contributed by atoms with Crippen LogP contribution in [-0.4, -0.2) is 11.1 Å². The van der Waals surface area contributed by atoms with Crippen molar-refractivity contribution in [1.29, 1.82) is 0 Å². The lowest BCUT2D eigenvalue weighted by Crippen LogP contribution is -2.16. The van der Waals surface area contributed by atoms with Crippen LogP contribution in [-0.2, 0) is 4.79 Å². The fraction of sp³-hybridized carbons (Fsp3) is 0.222. The summed E-state index contributed by atoms with van der Waals surface area (Å²) in [6.45, 7) is 0. The van der Waals surface area contributed by atoms with Gasteiger partial charge in [0.2, 0.25) is 0 Å². The quantitative estimate of drug-likeness (QED) is 0.814. The Hall–Kier alpha value is -1.13. The average molecular weight is 218 g/mol. The van der Waals surface area contributed by atoms with Crippen molar-refractivity contribution in [1.82, 2.24) is 0 Å². The fourth-order valence-corrected chi connectivity index (χ4v) is 1.29. The first-order valence-electron chi connectivity index (χ1n) is 3.93. The predicted octanol–water partition coefficient (Wildman–Crippen LogP) is 1.95. The zero-order chi connectivity index (χ0) is 10.7. The normalized spacial score (nSPS) is 12.5. The molecule has 0 amide bonds. The molecular weight excluding hydrogens is 209 g/mol. The van der Waals surface area contributed by atoms with Crippen molar-refractivity contribution < 1.29 is 14.3 Å². The Bertz CT molecular complexity index is 357. The van der Waals surface area contributed by atoms with Crippen LogP contribution in [0, 0.1) is 5.82 Å². The van der Waals surface area contributed by atoms with Crippen LogP contribution < -0.4 is 5.73 Å². The highest BCUT2D eigenvalue weighted by Gasteiger charge is 2.16. The number of hydrogen-bond donors (Lipinski definition) is 2. The Morgan fingerprint density at radius 3 is 2.86 bits per heavy atom. The molecule has 0 fully saturated rings. The molecule has 0 spiro atoms. The number of hydrogen-bond acceptors (Lipinski definition) is 2. The summed E-state index contributed by atoms with van der Waals surface area (Å²) in [5, 5.41) is 8.42. The summed E-state index contributed by atoms with van der Waals surface area (Å²) in [6, 6.07) is 3.47. The van der Waals surface area contributed by atoms with Crippen molar-refractivity contribution in [2.75, 3.05) is 0 Å². The first-order chi connectivity index (χ1) is 6.52. The summed E-state index contributed by atoms with van der Waals surface area (Å²) in [4.78, 5) is 10.3. The lowest BCUT2D eigenvalue weighted by Gasteiger charge is -2.10. The zero-order valence-corrected chi connectivity index (χ0v) is 7.96. The van der Waals surface area contributed by atoms with Crippen molar-refractivity contribution in [2.45, 2.75) is 12.5 Å². The third kappa shape index (κ3) is 2.43. The second-order valence-electron chi connectivity index (χ2n) is 2.85. The topological polar surface area (TPSA) is 63.3 Å². The second-order valence-corrected chi connectivity index (χ2v) is 3.25. The number of halogens is 2. The molecule has 76 valence electrons. The minimum Gasteiger partial charge on any atom is -0.481 e. The van der Waals surface area contributed by atoms with E-state index in [2.05, 4.69) is 0 Å². The summed E-state index contributed by atoms with van der Waals surface area (Å²) >= 11 is 5.52. The van der Waals surface area contributed by atoms with E-state index in [0.29, 0.717) is 0 Å². The van der Waals surface area contributed by atoms with Crippen LogP contribution in [0.2, 0.25) is 5.02 Å².